The quantitative estimate of drug-likeness (QED) is 0.236. The van der Waals surface area contributed by atoms with Gasteiger partial charge in [-0.05, 0) is 53.8 Å². The zero-order valence-corrected chi connectivity index (χ0v) is 21.0. The molecule has 3 heterocycles. The van der Waals surface area contributed by atoms with Crippen molar-refractivity contribution in [2.24, 2.45) is 0 Å². The molecule has 0 unspecified atom stereocenters. The molecule has 4 heteroatoms. The third-order valence-electron chi connectivity index (χ3n) is 8.10. The molecule has 0 spiro atoms. The maximum atomic E-state index is 6.63. The van der Waals surface area contributed by atoms with Crippen LogP contribution in [0.25, 0.3) is 78.1 Å². The first-order valence-corrected chi connectivity index (χ1v) is 13.4. The van der Waals surface area contributed by atoms with Crippen LogP contribution in [0.2, 0.25) is 0 Å². The van der Waals surface area contributed by atoms with Gasteiger partial charge in [-0.1, -0.05) is 84.9 Å². The summed E-state index contributed by atoms with van der Waals surface area (Å²) in [5.74, 6) is 0. The van der Waals surface area contributed by atoms with E-state index in [4.69, 9.17) is 13.8 Å². The summed E-state index contributed by atoms with van der Waals surface area (Å²) >= 11 is 0. The number of aromatic nitrogens is 2. The Kier molecular flexibility index (Phi) is 4.14. The van der Waals surface area contributed by atoms with Gasteiger partial charge in [-0.25, -0.2) is 0 Å². The van der Waals surface area contributed by atoms with Gasteiger partial charge in [0.2, 0.25) is 0 Å². The fourth-order valence-corrected chi connectivity index (χ4v) is 6.30. The van der Waals surface area contributed by atoms with Crippen molar-refractivity contribution in [2.45, 2.75) is 12.8 Å². The molecule has 39 heavy (non-hydrogen) atoms. The summed E-state index contributed by atoms with van der Waals surface area (Å²) in [7, 11) is 0. The Balaban J connectivity index is 1.38. The predicted octanol–water partition coefficient (Wildman–Crippen LogP) is 9.45. The van der Waals surface area contributed by atoms with Crippen molar-refractivity contribution < 1.29 is 8.83 Å². The number of rotatable bonds is 2. The van der Waals surface area contributed by atoms with E-state index in [-0.39, 0.29) is 0 Å². The standard InChI is InChI=1S/C35H22N2O2/c1-2-10-22-19-23(18-17-21(22)9-1)27-20-31-33(32-26-13-5-8-16-30(26)38-34(27)32)36-35(39-31)37-28-14-6-3-11-24(28)25-12-4-7-15-29(25)37/h1,3-9,11-20H,2,10H2. The topological polar surface area (TPSA) is 44.1 Å². The Morgan fingerprint density at radius 2 is 1.44 bits per heavy atom. The summed E-state index contributed by atoms with van der Waals surface area (Å²) in [5, 5.41) is 4.39. The van der Waals surface area contributed by atoms with Crippen LogP contribution < -0.4 is 0 Å². The maximum absolute atomic E-state index is 6.63. The van der Waals surface area contributed by atoms with Crippen LogP contribution in [0.5, 0.6) is 0 Å². The molecule has 1 aliphatic carbocycles. The van der Waals surface area contributed by atoms with Gasteiger partial charge in [-0.3, -0.25) is 4.57 Å². The molecule has 5 aromatic carbocycles. The smallest absolute Gasteiger partial charge is 0.307 e. The molecule has 8 aromatic rings. The zero-order chi connectivity index (χ0) is 25.5. The van der Waals surface area contributed by atoms with Crippen LogP contribution in [0.4, 0.5) is 0 Å². The average Bonchev–Trinajstić information content (AvgIpc) is 3.67. The van der Waals surface area contributed by atoms with Crippen LogP contribution in [0.3, 0.4) is 0 Å². The van der Waals surface area contributed by atoms with Gasteiger partial charge in [0.05, 0.1) is 16.4 Å². The van der Waals surface area contributed by atoms with E-state index in [9.17, 15) is 0 Å². The van der Waals surface area contributed by atoms with Gasteiger partial charge in [-0.2, -0.15) is 4.98 Å². The van der Waals surface area contributed by atoms with E-state index in [2.05, 4.69) is 102 Å². The molecule has 0 atom stereocenters. The summed E-state index contributed by atoms with van der Waals surface area (Å²) in [6.45, 7) is 0. The van der Waals surface area contributed by atoms with E-state index in [0.717, 1.165) is 68.0 Å². The highest BCUT2D eigenvalue weighted by atomic mass is 16.4. The molecule has 0 aliphatic heterocycles. The van der Waals surface area contributed by atoms with Crippen molar-refractivity contribution in [3.05, 3.63) is 114 Å². The van der Waals surface area contributed by atoms with Gasteiger partial charge in [0.15, 0.2) is 5.58 Å². The summed E-state index contributed by atoms with van der Waals surface area (Å²) < 4.78 is 15.3. The number of furan rings is 1. The summed E-state index contributed by atoms with van der Waals surface area (Å²) in [6.07, 6.45) is 6.58. The largest absolute Gasteiger partial charge is 0.455 e. The second-order valence-electron chi connectivity index (χ2n) is 10.3. The Bertz CT molecular complexity index is 2240. The average molecular weight is 503 g/mol. The van der Waals surface area contributed by atoms with E-state index < -0.39 is 0 Å². The molecule has 3 aromatic heterocycles. The molecule has 0 bridgehead atoms. The molecule has 0 saturated carbocycles. The minimum atomic E-state index is 0.557. The highest BCUT2D eigenvalue weighted by Gasteiger charge is 2.23. The Labute approximate surface area is 223 Å². The number of oxazole rings is 1. The van der Waals surface area contributed by atoms with Gasteiger partial charge < -0.3 is 8.83 Å². The molecule has 0 fully saturated rings. The molecule has 0 radical (unpaired) electrons. The number of allylic oxidation sites excluding steroid dienone is 1. The third-order valence-corrected chi connectivity index (χ3v) is 8.10. The van der Waals surface area contributed by atoms with E-state index in [1.54, 1.807) is 0 Å². The first kappa shape index (κ1) is 20.9. The second kappa shape index (κ2) is 7.71. The zero-order valence-electron chi connectivity index (χ0n) is 21.0. The van der Waals surface area contributed by atoms with E-state index in [1.807, 2.05) is 12.1 Å². The number of benzene rings is 5. The Hall–Kier alpha value is -5.09. The molecular weight excluding hydrogens is 480 g/mol. The van der Waals surface area contributed by atoms with Crippen molar-refractivity contribution in [3.63, 3.8) is 0 Å². The van der Waals surface area contributed by atoms with E-state index in [0.29, 0.717) is 6.01 Å². The van der Waals surface area contributed by atoms with Crippen molar-refractivity contribution in [2.75, 3.05) is 0 Å². The third kappa shape index (κ3) is 2.91. The normalized spacial score (nSPS) is 13.3. The lowest BCUT2D eigenvalue weighted by atomic mass is 9.92. The molecule has 1 aliphatic rings. The van der Waals surface area contributed by atoms with Gasteiger partial charge in [-0.15, -0.1) is 0 Å². The highest BCUT2D eigenvalue weighted by Crippen LogP contribution is 2.42. The maximum Gasteiger partial charge on any atom is 0.307 e. The van der Waals surface area contributed by atoms with Crippen molar-refractivity contribution in [1.29, 1.82) is 0 Å². The van der Waals surface area contributed by atoms with Gasteiger partial charge >= 0.3 is 6.01 Å². The van der Waals surface area contributed by atoms with Crippen LogP contribution in [0, 0.1) is 0 Å². The van der Waals surface area contributed by atoms with Crippen molar-refractivity contribution in [3.8, 4) is 17.1 Å². The van der Waals surface area contributed by atoms with E-state index in [1.165, 1.54) is 21.9 Å². The number of aryl methyl sites for hydroxylation is 1. The highest BCUT2D eigenvalue weighted by molar-refractivity contribution is 6.20. The van der Waals surface area contributed by atoms with Crippen LogP contribution in [0.15, 0.2) is 112 Å². The number of fused-ring (bicyclic) bond motifs is 9. The molecule has 4 nitrogen and oxygen atoms in total. The predicted molar refractivity (Wildman–Crippen MR) is 158 cm³/mol. The van der Waals surface area contributed by atoms with Crippen LogP contribution in [-0.2, 0) is 6.42 Å². The van der Waals surface area contributed by atoms with Crippen LogP contribution in [0.1, 0.15) is 17.5 Å². The van der Waals surface area contributed by atoms with Gasteiger partial charge in [0.25, 0.3) is 0 Å². The summed E-state index contributed by atoms with van der Waals surface area (Å²) in [6, 6.07) is 34.4. The summed E-state index contributed by atoms with van der Waals surface area (Å²) in [4.78, 5) is 5.14. The molecular formula is C35H22N2O2. The first-order chi connectivity index (χ1) is 19.3. The first-order valence-electron chi connectivity index (χ1n) is 13.4. The van der Waals surface area contributed by atoms with Crippen molar-refractivity contribution >= 4 is 60.9 Å². The van der Waals surface area contributed by atoms with Crippen LogP contribution in [-0.4, -0.2) is 9.55 Å². The second-order valence-corrected chi connectivity index (χ2v) is 10.3. The molecule has 9 rings (SSSR count). The van der Waals surface area contributed by atoms with E-state index >= 15 is 0 Å². The Morgan fingerprint density at radius 3 is 2.26 bits per heavy atom. The SMILES string of the molecule is C1=Cc2ccc(-c3cc4oc(-n5c6ccccc6c6ccccc65)nc4c4c3oc3ccccc34)cc2CC1. The number of hydrogen-bond acceptors (Lipinski definition) is 3. The summed E-state index contributed by atoms with van der Waals surface area (Å²) in [5.41, 5.74) is 10.2. The molecule has 0 N–H and O–H groups in total. The van der Waals surface area contributed by atoms with Gasteiger partial charge in [0, 0.05) is 21.7 Å². The molecule has 0 saturated heterocycles. The minimum Gasteiger partial charge on any atom is -0.455 e. The lowest BCUT2D eigenvalue weighted by Crippen LogP contribution is -1.94. The Morgan fingerprint density at radius 1 is 0.692 bits per heavy atom. The monoisotopic (exact) mass is 502 g/mol. The fraction of sp³-hybridized carbons (Fsp3) is 0.0571. The molecule has 184 valence electrons. The lowest BCUT2D eigenvalue weighted by molar-refractivity contribution is 0.574. The van der Waals surface area contributed by atoms with Crippen LogP contribution >= 0.6 is 0 Å². The van der Waals surface area contributed by atoms with Gasteiger partial charge in [0.1, 0.15) is 16.7 Å². The van der Waals surface area contributed by atoms with Crippen molar-refractivity contribution in [1.82, 2.24) is 9.55 Å². The molecule has 0 amide bonds. The minimum absolute atomic E-state index is 0.557. The number of hydrogen-bond donors (Lipinski definition) is 0. The number of para-hydroxylation sites is 3. The number of nitrogens with zero attached hydrogens (tertiary/aromatic N) is 2. The lowest BCUT2D eigenvalue weighted by Gasteiger charge is -2.12. The fourth-order valence-electron chi connectivity index (χ4n) is 6.30.